The number of halogens is 1. The highest BCUT2D eigenvalue weighted by molar-refractivity contribution is 5.85. The summed E-state index contributed by atoms with van der Waals surface area (Å²) in [5.41, 5.74) is 11.8. The van der Waals surface area contributed by atoms with Gasteiger partial charge < -0.3 is 5.73 Å². The van der Waals surface area contributed by atoms with Crippen molar-refractivity contribution in [1.29, 1.82) is 0 Å². The summed E-state index contributed by atoms with van der Waals surface area (Å²) in [4.78, 5) is 9.07. The molecule has 3 rings (SSSR count). The molecule has 0 saturated heterocycles. The second-order valence-corrected chi connectivity index (χ2v) is 7.30. The Kier molecular flexibility index (Phi) is 6.23. The number of aliphatic imine (C=N–C) groups is 1. The normalized spacial score (nSPS) is 12.3. The van der Waals surface area contributed by atoms with Gasteiger partial charge in [-0.15, -0.1) is 0 Å². The average Bonchev–Trinajstić information content (AvgIpc) is 2.73. The van der Waals surface area contributed by atoms with Crippen molar-refractivity contribution in [1.82, 2.24) is 4.98 Å². The zero-order valence-electron chi connectivity index (χ0n) is 17.1. The highest BCUT2D eigenvalue weighted by atomic mass is 19.1. The van der Waals surface area contributed by atoms with Crippen molar-refractivity contribution < 1.29 is 4.39 Å². The lowest BCUT2D eigenvalue weighted by molar-refractivity contribution is 0.630. The molecule has 29 heavy (non-hydrogen) atoms. The second kappa shape index (κ2) is 8.82. The van der Waals surface area contributed by atoms with Gasteiger partial charge in [0, 0.05) is 34.8 Å². The van der Waals surface area contributed by atoms with Crippen LogP contribution < -0.4 is 5.73 Å². The summed E-state index contributed by atoms with van der Waals surface area (Å²) < 4.78 is 14.5. The molecule has 0 spiro atoms. The molecule has 1 heterocycles. The summed E-state index contributed by atoms with van der Waals surface area (Å²) in [5, 5.41) is 0. The predicted octanol–water partition coefficient (Wildman–Crippen LogP) is 6.54. The first-order chi connectivity index (χ1) is 13.9. The highest BCUT2D eigenvalue weighted by Gasteiger charge is 2.14. The lowest BCUT2D eigenvalue weighted by Gasteiger charge is -2.13. The Bertz CT molecular complexity index is 1070. The van der Waals surface area contributed by atoms with Gasteiger partial charge in [0.2, 0.25) is 0 Å². The van der Waals surface area contributed by atoms with Gasteiger partial charge in [-0.05, 0) is 55.2 Å². The molecule has 4 heteroatoms. The summed E-state index contributed by atoms with van der Waals surface area (Å²) in [6.45, 7) is 10.1. The van der Waals surface area contributed by atoms with Gasteiger partial charge in [-0.1, -0.05) is 44.2 Å². The molecule has 0 saturated carbocycles. The molecular formula is C25H26FN3. The molecule has 1 atom stereocenters. The summed E-state index contributed by atoms with van der Waals surface area (Å²) in [6, 6.07) is 14.7. The van der Waals surface area contributed by atoms with Crippen LogP contribution in [0.3, 0.4) is 0 Å². The number of nitrogens with zero attached hydrogens (tertiary/aromatic N) is 2. The van der Waals surface area contributed by atoms with Crippen LogP contribution in [0.5, 0.6) is 0 Å². The Labute approximate surface area is 171 Å². The second-order valence-electron chi connectivity index (χ2n) is 7.30. The van der Waals surface area contributed by atoms with Crippen LogP contribution in [0.1, 0.15) is 31.4 Å². The zero-order valence-corrected chi connectivity index (χ0v) is 17.1. The summed E-state index contributed by atoms with van der Waals surface area (Å²) in [5.74, 6) is 0.0802. The molecule has 3 aromatic rings. The molecule has 0 amide bonds. The van der Waals surface area contributed by atoms with E-state index in [1.165, 1.54) is 6.07 Å². The van der Waals surface area contributed by atoms with Crippen LogP contribution in [0.2, 0.25) is 0 Å². The van der Waals surface area contributed by atoms with E-state index in [-0.39, 0.29) is 5.82 Å². The third-order valence-electron chi connectivity index (χ3n) is 4.95. The van der Waals surface area contributed by atoms with Crippen molar-refractivity contribution in [3.63, 3.8) is 0 Å². The first-order valence-corrected chi connectivity index (χ1v) is 9.75. The molecule has 0 bridgehead atoms. The maximum absolute atomic E-state index is 14.5. The highest BCUT2D eigenvalue weighted by Crippen LogP contribution is 2.35. The van der Waals surface area contributed by atoms with Crippen LogP contribution in [0.15, 0.2) is 66.3 Å². The van der Waals surface area contributed by atoms with Crippen LogP contribution in [-0.2, 0) is 0 Å². The molecular weight excluding hydrogens is 361 g/mol. The van der Waals surface area contributed by atoms with Gasteiger partial charge in [0.1, 0.15) is 5.82 Å². The number of nitrogens with two attached hydrogens (primary N) is 1. The number of hydrogen-bond acceptors (Lipinski definition) is 3. The quantitative estimate of drug-likeness (QED) is 0.488. The van der Waals surface area contributed by atoms with Crippen LogP contribution in [-0.4, -0.2) is 11.2 Å². The van der Waals surface area contributed by atoms with Gasteiger partial charge in [-0.25, -0.2) is 4.39 Å². The SMILES string of the molecule is C=C(N)c1cc(-c2cccnc2-c2cc(C)ccc2F)ccc1/N=C\C(C)CC. The van der Waals surface area contributed by atoms with Crippen LogP contribution in [0.4, 0.5) is 10.1 Å². The van der Waals surface area contributed by atoms with Crippen molar-refractivity contribution in [3.8, 4) is 22.4 Å². The van der Waals surface area contributed by atoms with E-state index in [1.54, 1.807) is 12.3 Å². The third-order valence-corrected chi connectivity index (χ3v) is 4.95. The monoisotopic (exact) mass is 387 g/mol. The molecule has 1 unspecified atom stereocenters. The van der Waals surface area contributed by atoms with E-state index < -0.39 is 0 Å². The minimum atomic E-state index is -0.297. The van der Waals surface area contributed by atoms with Crippen molar-refractivity contribution in [2.24, 2.45) is 16.6 Å². The fourth-order valence-corrected chi connectivity index (χ4v) is 3.06. The van der Waals surface area contributed by atoms with Crippen LogP contribution >= 0.6 is 0 Å². The molecule has 2 aromatic carbocycles. The van der Waals surface area contributed by atoms with E-state index in [4.69, 9.17) is 5.73 Å². The Balaban J connectivity index is 2.13. The third kappa shape index (κ3) is 4.60. The van der Waals surface area contributed by atoms with Crippen LogP contribution in [0.25, 0.3) is 28.1 Å². The molecule has 0 aliphatic heterocycles. The van der Waals surface area contributed by atoms with Crippen LogP contribution in [0, 0.1) is 18.7 Å². The standard InChI is InChI=1S/C25H26FN3/c1-5-16(2)15-29-24-11-9-19(14-21(24)18(4)27)20-7-6-12-28-25(20)22-13-17(3)8-10-23(22)26/h6-16H,4-5,27H2,1-3H3/b29-15-. The Morgan fingerprint density at radius 1 is 1.21 bits per heavy atom. The molecule has 2 N–H and O–H groups in total. The topological polar surface area (TPSA) is 51.3 Å². The molecule has 148 valence electrons. The van der Waals surface area contributed by atoms with Gasteiger partial charge in [0.25, 0.3) is 0 Å². The van der Waals surface area contributed by atoms with E-state index in [0.29, 0.717) is 22.9 Å². The number of rotatable bonds is 6. The number of benzene rings is 2. The van der Waals surface area contributed by atoms with Crippen molar-refractivity contribution >= 4 is 17.6 Å². The number of aryl methyl sites for hydroxylation is 1. The molecule has 3 nitrogen and oxygen atoms in total. The number of hydrogen-bond donors (Lipinski definition) is 1. The zero-order chi connectivity index (χ0) is 21.0. The molecule has 0 fully saturated rings. The fourth-order valence-electron chi connectivity index (χ4n) is 3.06. The predicted molar refractivity (Wildman–Crippen MR) is 121 cm³/mol. The number of pyridine rings is 1. The average molecular weight is 388 g/mol. The lowest BCUT2D eigenvalue weighted by Crippen LogP contribution is -1.98. The molecule has 0 aliphatic carbocycles. The van der Waals surface area contributed by atoms with Gasteiger partial charge in [0.15, 0.2) is 0 Å². The van der Waals surface area contributed by atoms with E-state index in [0.717, 1.165) is 34.4 Å². The van der Waals surface area contributed by atoms with E-state index in [2.05, 4.69) is 30.4 Å². The Morgan fingerprint density at radius 2 is 2.00 bits per heavy atom. The minimum Gasteiger partial charge on any atom is -0.399 e. The lowest BCUT2D eigenvalue weighted by atomic mass is 9.95. The molecule has 0 radical (unpaired) electrons. The summed E-state index contributed by atoms with van der Waals surface area (Å²) >= 11 is 0. The maximum Gasteiger partial charge on any atom is 0.132 e. The largest absolute Gasteiger partial charge is 0.399 e. The minimum absolute atomic E-state index is 0.297. The fraction of sp³-hybridized carbons (Fsp3) is 0.200. The van der Waals surface area contributed by atoms with E-state index in [9.17, 15) is 4.39 Å². The first-order valence-electron chi connectivity index (χ1n) is 9.75. The maximum atomic E-state index is 14.5. The van der Waals surface area contributed by atoms with Crippen molar-refractivity contribution in [3.05, 3.63) is 78.3 Å². The van der Waals surface area contributed by atoms with Gasteiger partial charge in [-0.3, -0.25) is 9.98 Å². The van der Waals surface area contributed by atoms with Crippen molar-refractivity contribution in [2.45, 2.75) is 27.2 Å². The summed E-state index contributed by atoms with van der Waals surface area (Å²) in [6.07, 6.45) is 4.62. The Hall–Kier alpha value is -3.27. The van der Waals surface area contributed by atoms with Crippen molar-refractivity contribution in [2.75, 3.05) is 0 Å². The van der Waals surface area contributed by atoms with E-state index >= 15 is 0 Å². The molecule has 1 aromatic heterocycles. The molecule has 0 aliphatic rings. The van der Waals surface area contributed by atoms with Gasteiger partial charge >= 0.3 is 0 Å². The Morgan fingerprint density at radius 3 is 2.72 bits per heavy atom. The van der Waals surface area contributed by atoms with Gasteiger partial charge in [-0.2, -0.15) is 0 Å². The summed E-state index contributed by atoms with van der Waals surface area (Å²) in [7, 11) is 0. The van der Waals surface area contributed by atoms with E-state index in [1.807, 2.05) is 49.5 Å². The smallest absolute Gasteiger partial charge is 0.132 e. The first kappa shape index (κ1) is 20.5. The number of aromatic nitrogens is 1. The van der Waals surface area contributed by atoms with Gasteiger partial charge in [0.05, 0.1) is 11.4 Å².